The number of rotatable bonds is 6. The molecule has 140 valence electrons. The first-order chi connectivity index (χ1) is 12.3. The van der Waals surface area contributed by atoms with Gasteiger partial charge in [-0.25, -0.2) is 9.37 Å². The number of benzene rings is 1. The molecular formula is C18H23FN4O3. The number of hydrogen-bond donors (Lipinski definition) is 4. The molecule has 0 bridgehead atoms. The van der Waals surface area contributed by atoms with Crippen molar-refractivity contribution < 1.29 is 19.1 Å². The van der Waals surface area contributed by atoms with Crippen LogP contribution < -0.4 is 10.6 Å². The van der Waals surface area contributed by atoms with E-state index in [9.17, 15) is 19.1 Å². The number of halogens is 1. The lowest BCUT2D eigenvalue weighted by Gasteiger charge is -2.36. The normalized spacial score (nSPS) is 19.8. The van der Waals surface area contributed by atoms with Crippen LogP contribution in [0.4, 0.5) is 4.39 Å². The summed E-state index contributed by atoms with van der Waals surface area (Å²) in [5.74, 6) is -0.757. The predicted molar refractivity (Wildman–Crippen MR) is 93.9 cm³/mol. The second kappa shape index (κ2) is 7.03. The van der Waals surface area contributed by atoms with Gasteiger partial charge >= 0.3 is 0 Å². The molecule has 0 spiro atoms. The summed E-state index contributed by atoms with van der Waals surface area (Å²) in [5.41, 5.74) is 0.334. The van der Waals surface area contributed by atoms with Gasteiger partial charge in [-0.15, -0.1) is 0 Å². The maximum Gasteiger partial charge on any atom is 0.253 e. The number of H-pyrrole nitrogens is 1. The summed E-state index contributed by atoms with van der Waals surface area (Å²) in [4.78, 5) is 31.2. The summed E-state index contributed by atoms with van der Waals surface area (Å²) in [7, 11) is 0. The number of amides is 2. The SMILES string of the molecule is CC(C)(CO)C(=O)NCC1CC(NC(=O)c2cc(F)cc3[nH]cnc23)C1. The number of nitrogens with zero attached hydrogens (tertiary/aromatic N) is 1. The van der Waals surface area contributed by atoms with E-state index in [1.54, 1.807) is 13.8 Å². The number of nitrogens with one attached hydrogen (secondary N) is 3. The lowest BCUT2D eigenvalue weighted by atomic mass is 9.79. The maximum absolute atomic E-state index is 13.6. The van der Waals surface area contributed by atoms with E-state index in [4.69, 9.17) is 0 Å². The second-order valence-corrected chi connectivity index (χ2v) is 7.51. The molecule has 1 aliphatic carbocycles. The molecule has 2 aromatic rings. The van der Waals surface area contributed by atoms with E-state index in [1.165, 1.54) is 18.5 Å². The third kappa shape index (κ3) is 3.70. The Bertz CT molecular complexity index is 827. The fraction of sp³-hybridized carbons (Fsp3) is 0.500. The molecule has 26 heavy (non-hydrogen) atoms. The third-order valence-electron chi connectivity index (χ3n) is 4.87. The van der Waals surface area contributed by atoms with Crippen molar-refractivity contribution in [2.45, 2.75) is 32.7 Å². The number of carbonyl (C=O) groups excluding carboxylic acids is 2. The Kier molecular flexibility index (Phi) is 4.95. The van der Waals surface area contributed by atoms with E-state index in [2.05, 4.69) is 20.6 Å². The lowest BCUT2D eigenvalue weighted by Crippen LogP contribution is -2.49. The first kappa shape index (κ1) is 18.3. The predicted octanol–water partition coefficient (Wildman–Crippen LogP) is 1.35. The van der Waals surface area contributed by atoms with E-state index in [0.29, 0.717) is 17.6 Å². The highest BCUT2D eigenvalue weighted by Crippen LogP contribution is 2.28. The smallest absolute Gasteiger partial charge is 0.253 e. The Balaban J connectivity index is 1.50. The summed E-state index contributed by atoms with van der Waals surface area (Å²) < 4.78 is 13.6. The maximum atomic E-state index is 13.6. The van der Waals surface area contributed by atoms with Crippen LogP contribution in [0.3, 0.4) is 0 Å². The number of aliphatic hydroxyl groups is 1. The van der Waals surface area contributed by atoms with Gasteiger partial charge < -0.3 is 20.7 Å². The third-order valence-corrected chi connectivity index (χ3v) is 4.87. The molecule has 8 heteroatoms. The number of aliphatic hydroxyl groups excluding tert-OH is 1. The van der Waals surface area contributed by atoms with E-state index < -0.39 is 11.2 Å². The van der Waals surface area contributed by atoms with Crippen LogP contribution >= 0.6 is 0 Å². The minimum absolute atomic E-state index is 0.00693. The number of carbonyl (C=O) groups is 2. The fourth-order valence-corrected chi connectivity index (χ4v) is 3.02. The van der Waals surface area contributed by atoms with Gasteiger partial charge in [0.15, 0.2) is 0 Å². The van der Waals surface area contributed by atoms with Crippen molar-refractivity contribution in [3.05, 3.63) is 29.8 Å². The van der Waals surface area contributed by atoms with E-state index >= 15 is 0 Å². The van der Waals surface area contributed by atoms with Gasteiger partial charge in [-0.2, -0.15) is 0 Å². The van der Waals surface area contributed by atoms with Crippen LogP contribution in [0, 0.1) is 17.2 Å². The average Bonchev–Trinajstić information content (AvgIpc) is 3.03. The molecule has 4 N–H and O–H groups in total. The van der Waals surface area contributed by atoms with Crippen molar-refractivity contribution in [1.29, 1.82) is 0 Å². The molecule has 3 rings (SSSR count). The van der Waals surface area contributed by atoms with Crippen LogP contribution in [0.1, 0.15) is 37.0 Å². The van der Waals surface area contributed by atoms with Crippen LogP contribution in [0.15, 0.2) is 18.5 Å². The van der Waals surface area contributed by atoms with E-state index in [-0.39, 0.29) is 35.9 Å². The molecule has 1 saturated carbocycles. The quantitative estimate of drug-likeness (QED) is 0.622. The average molecular weight is 362 g/mol. The highest BCUT2D eigenvalue weighted by atomic mass is 19.1. The molecule has 7 nitrogen and oxygen atoms in total. The molecule has 0 atom stereocenters. The fourth-order valence-electron chi connectivity index (χ4n) is 3.02. The van der Waals surface area contributed by atoms with Crippen molar-refractivity contribution in [3.8, 4) is 0 Å². The van der Waals surface area contributed by atoms with Crippen molar-refractivity contribution in [1.82, 2.24) is 20.6 Å². The van der Waals surface area contributed by atoms with Crippen LogP contribution in [-0.2, 0) is 4.79 Å². The standard InChI is InChI=1S/C18H23FN4O3/c1-18(2,8-24)17(26)20-7-10-3-12(4-10)23-16(25)13-5-11(19)6-14-15(13)22-9-21-14/h5-6,9-10,12,24H,3-4,7-8H2,1-2H3,(H,20,26)(H,21,22)(H,23,25). The summed E-state index contributed by atoms with van der Waals surface area (Å²) >= 11 is 0. The summed E-state index contributed by atoms with van der Waals surface area (Å²) in [6.07, 6.45) is 2.91. The van der Waals surface area contributed by atoms with Crippen LogP contribution in [0.5, 0.6) is 0 Å². The number of imidazole rings is 1. The second-order valence-electron chi connectivity index (χ2n) is 7.51. The largest absolute Gasteiger partial charge is 0.395 e. The minimum atomic E-state index is -0.802. The molecule has 0 aliphatic heterocycles. The van der Waals surface area contributed by atoms with Gasteiger partial charge in [-0.3, -0.25) is 9.59 Å². The Morgan fingerprint density at radius 1 is 1.38 bits per heavy atom. The van der Waals surface area contributed by atoms with Gasteiger partial charge in [0.05, 0.1) is 29.4 Å². The van der Waals surface area contributed by atoms with Crippen LogP contribution in [-0.4, -0.2) is 46.1 Å². The molecule has 1 fully saturated rings. The van der Waals surface area contributed by atoms with Crippen LogP contribution in [0.25, 0.3) is 11.0 Å². The zero-order chi connectivity index (χ0) is 18.9. The monoisotopic (exact) mass is 362 g/mol. The van der Waals surface area contributed by atoms with E-state index in [1.807, 2.05) is 0 Å². The topological polar surface area (TPSA) is 107 Å². The summed E-state index contributed by atoms with van der Waals surface area (Å²) in [6, 6.07) is 2.48. The molecule has 1 aliphatic rings. The number of fused-ring (bicyclic) bond motifs is 1. The molecule has 0 radical (unpaired) electrons. The van der Waals surface area contributed by atoms with Gasteiger partial charge in [0.2, 0.25) is 5.91 Å². The lowest BCUT2D eigenvalue weighted by molar-refractivity contribution is -0.131. The molecule has 1 heterocycles. The highest BCUT2D eigenvalue weighted by molar-refractivity contribution is 6.05. The Hall–Kier alpha value is -2.48. The summed E-state index contributed by atoms with van der Waals surface area (Å²) in [6.45, 7) is 3.66. The van der Waals surface area contributed by atoms with Crippen molar-refractivity contribution >= 4 is 22.8 Å². The molecule has 0 saturated heterocycles. The molecule has 2 amide bonds. The highest BCUT2D eigenvalue weighted by Gasteiger charge is 2.33. The summed E-state index contributed by atoms with van der Waals surface area (Å²) in [5, 5.41) is 14.9. The number of aromatic amines is 1. The van der Waals surface area contributed by atoms with Gasteiger partial charge in [-0.05, 0) is 44.7 Å². The number of hydrogen-bond acceptors (Lipinski definition) is 4. The Labute approximate surface area is 150 Å². The number of aromatic nitrogens is 2. The van der Waals surface area contributed by atoms with Crippen molar-refractivity contribution in [3.63, 3.8) is 0 Å². The molecule has 0 unspecified atom stereocenters. The first-order valence-corrected chi connectivity index (χ1v) is 8.63. The molecular weight excluding hydrogens is 339 g/mol. The molecule has 1 aromatic carbocycles. The van der Waals surface area contributed by atoms with Gasteiger partial charge in [0.25, 0.3) is 5.91 Å². The minimum Gasteiger partial charge on any atom is -0.395 e. The Morgan fingerprint density at radius 2 is 2.12 bits per heavy atom. The van der Waals surface area contributed by atoms with Crippen molar-refractivity contribution in [2.75, 3.05) is 13.2 Å². The van der Waals surface area contributed by atoms with Crippen molar-refractivity contribution in [2.24, 2.45) is 11.3 Å². The first-order valence-electron chi connectivity index (χ1n) is 8.63. The van der Waals surface area contributed by atoms with Crippen LogP contribution in [0.2, 0.25) is 0 Å². The zero-order valence-corrected chi connectivity index (χ0v) is 14.8. The van der Waals surface area contributed by atoms with E-state index in [0.717, 1.165) is 12.8 Å². The van der Waals surface area contributed by atoms with Gasteiger partial charge in [0, 0.05) is 12.6 Å². The van der Waals surface area contributed by atoms with Gasteiger partial charge in [-0.1, -0.05) is 0 Å². The molecule has 1 aromatic heterocycles. The Morgan fingerprint density at radius 3 is 2.81 bits per heavy atom. The van der Waals surface area contributed by atoms with Gasteiger partial charge in [0.1, 0.15) is 11.3 Å². The zero-order valence-electron chi connectivity index (χ0n) is 14.8.